The van der Waals surface area contributed by atoms with Gasteiger partial charge in [0.2, 0.25) is 0 Å². The topological polar surface area (TPSA) is 78.4 Å². The van der Waals surface area contributed by atoms with Crippen molar-refractivity contribution in [1.29, 1.82) is 0 Å². The molecule has 5 nitrogen and oxygen atoms in total. The van der Waals surface area contributed by atoms with Crippen LogP contribution in [0, 0.1) is 12.3 Å². The number of hydrogen-bond donors (Lipinski definition) is 3. The molecule has 1 rings (SSSR count). The molecule has 1 aromatic rings. The Balaban J connectivity index is 2.85. The zero-order valence-corrected chi connectivity index (χ0v) is 12.4. The van der Waals surface area contributed by atoms with E-state index in [1.807, 2.05) is 32.9 Å². The summed E-state index contributed by atoms with van der Waals surface area (Å²) in [5.41, 5.74) is 1.46. The van der Waals surface area contributed by atoms with Gasteiger partial charge in [0.05, 0.1) is 0 Å². The third-order valence-electron chi connectivity index (χ3n) is 2.91. The Labute approximate surface area is 124 Å². The zero-order valence-electron chi connectivity index (χ0n) is 12.4. The lowest BCUT2D eigenvalue weighted by Crippen LogP contribution is -2.43. The average molecular weight is 288 g/mol. The Morgan fingerprint density at radius 1 is 1.33 bits per heavy atom. The van der Waals surface area contributed by atoms with Gasteiger partial charge in [-0.15, -0.1) is 12.3 Å². The molecular formula is C16H20N2O3. The van der Waals surface area contributed by atoms with E-state index in [1.54, 1.807) is 12.1 Å². The van der Waals surface area contributed by atoms with Crippen LogP contribution in [-0.4, -0.2) is 23.1 Å². The van der Waals surface area contributed by atoms with Crippen molar-refractivity contribution in [2.24, 2.45) is 0 Å². The van der Waals surface area contributed by atoms with E-state index in [4.69, 9.17) is 11.5 Å². The number of carbonyl (C=O) groups is 2. The largest absolute Gasteiger partial charge is 0.480 e. The summed E-state index contributed by atoms with van der Waals surface area (Å²) >= 11 is 0. The molecule has 0 aliphatic heterocycles. The van der Waals surface area contributed by atoms with Crippen molar-refractivity contribution >= 4 is 17.7 Å². The molecule has 0 aliphatic rings. The summed E-state index contributed by atoms with van der Waals surface area (Å²) in [6.07, 6.45) is 5.03. The minimum atomic E-state index is -1.16. The number of terminal acetylenes is 1. The van der Waals surface area contributed by atoms with Crippen LogP contribution in [0.15, 0.2) is 24.3 Å². The highest BCUT2D eigenvalue weighted by atomic mass is 16.4. The fourth-order valence-corrected chi connectivity index (χ4v) is 1.88. The van der Waals surface area contributed by atoms with Gasteiger partial charge in [0.1, 0.15) is 6.04 Å². The minimum Gasteiger partial charge on any atom is -0.480 e. The molecule has 112 valence electrons. The molecule has 1 atom stereocenters. The number of rotatable bonds is 4. The number of para-hydroxylation sites is 1. The van der Waals surface area contributed by atoms with Crippen LogP contribution in [0.4, 0.5) is 10.5 Å². The van der Waals surface area contributed by atoms with Gasteiger partial charge in [-0.05, 0) is 17.0 Å². The Bertz CT molecular complexity index is 568. The second-order valence-electron chi connectivity index (χ2n) is 5.69. The van der Waals surface area contributed by atoms with Crippen molar-refractivity contribution in [2.45, 2.75) is 38.6 Å². The van der Waals surface area contributed by atoms with Gasteiger partial charge in [0.15, 0.2) is 0 Å². The van der Waals surface area contributed by atoms with Gasteiger partial charge < -0.3 is 15.7 Å². The number of carboxylic acid groups (broad SMARTS) is 1. The smallest absolute Gasteiger partial charge is 0.327 e. The SMILES string of the molecule is C#CCC(NC(=O)Nc1ccccc1C(C)(C)C)C(=O)O. The summed E-state index contributed by atoms with van der Waals surface area (Å²) < 4.78 is 0. The minimum absolute atomic E-state index is 0.0658. The van der Waals surface area contributed by atoms with Gasteiger partial charge in [-0.2, -0.15) is 0 Å². The number of benzene rings is 1. The molecule has 0 heterocycles. The van der Waals surface area contributed by atoms with E-state index >= 15 is 0 Å². The normalized spacial score (nSPS) is 12.1. The second kappa shape index (κ2) is 6.80. The van der Waals surface area contributed by atoms with Gasteiger partial charge >= 0.3 is 12.0 Å². The summed E-state index contributed by atoms with van der Waals surface area (Å²) in [6.45, 7) is 6.09. The maximum absolute atomic E-state index is 11.9. The van der Waals surface area contributed by atoms with Crippen LogP contribution < -0.4 is 10.6 Å². The van der Waals surface area contributed by atoms with E-state index in [0.717, 1.165) is 5.56 Å². The molecule has 0 saturated heterocycles. The van der Waals surface area contributed by atoms with Crippen LogP contribution in [0.2, 0.25) is 0 Å². The quantitative estimate of drug-likeness (QED) is 0.745. The van der Waals surface area contributed by atoms with Crippen molar-refractivity contribution < 1.29 is 14.7 Å². The number of carboxylic acids is 1. The number of amides is 2. The molecule has 0 aromatic heterocycles. The highest BCUT2D eigenvalue weighted by molar-refractivity contribution is 5.93. The Morgan fingerprint density at radius 3 is 2.48 bits per heavy atom. The second-order valence-corrected chi connectivity index (χ2v) is 5.69. The molecule has 0 bridgehead atoms. The number of nitrogens with one attached hydrogen (secondary N) is 2. The van der Waals surface area contributed by atoms with E-state index in [9.17, 15) is 9.59 Å². The number of anilines is 1. The van der Waals surface area contributed by atoms with Crippen molar-refractivity contribution in [3.05, 3.63) is 29.8 Å². The van der Waals surface area contributed by atoms with Crippen LogP contribution in [-0.2, 0) is 10.2 Å². The maximum atomic E-state index is 11.9. The van der Waals surface area contributed by atoms with Crippen molar-refractivity contribution in [1.82, 2.24) is 5.32 Å². The lowest BCUT2D eigenvalue weighted by Gasteiger charge is -2.23. The molecule has 0 aliphatic carbocycles. The highest BCUT2D eigenvalue weighted by Crippen LogP contribution is 2.29. The fourth-order valence-electron chi connectivity index (χ4n) is 1.88. The number of carbonyl (C=O) groups excluding carboxylic acids is 1. The van der Waals surface area contributed by atoms with Crippen molar-refractivity contribution in [3.63, 3.8) is 0 Å². The van der Waals surface area contributed by atoms with Crippen LogP contribution in [0.3, 0.4) is 0 Å². The first-order valence-electron chi connectivity index (χ1n) is 6.59. The molecule has 3 N–H and O–H groups in total. The predicted octanol–water partition coefficient (Wildman–Crippen LogP) is 2.58. The molecule has 1 aromatic carbocycles. The molecule has 0 fully saturated rings. The Morgan fingerprint density at radius 2 is 1.95 bits per heavy atom. The maximum Gasteiger partial charge on any atom is 0.327 e. The third-order valence-corrected chi connectivity index (χ3v) is 2.91. The number of hydrogen-bond acceptors (Lipinski definition) is 2. The summed E-state index contributed by atoms with van der Waals surface area (Å²) in [5, 5.41) is 14.0. The summed E-state index contributed by atoms with van der Waals surface area (Å²) in [5.74, 6) is 1.07. The van der Waals surface area contributed by atoms with Gasteiger partial charge in [-0.3, -0.25) is 0 Å². The lowest BCUT2D eigenvalue weighted by molar-refractivity contribution is -0.139. The molecule has 0 spiro atoms. The first kappa shape index (κ1) is 16.6. The van der Waals surface area contributed by atoms with E-state index in [-0.39, 0.29) is 11.8 Å². The first-order valence-corrected chi connectivity index (χ1v) is 6.59. The molecule has 2 amide bonds. The van der Waals surface area contributed by atoms with Crippen LogP contribution in [0.25, 0.3) is 0 Å². The summed E-state index contributed by atoms with van der Waals surface area (Å²) in [6, 6.07) is 5.71. The van der Waals surface area contributed by atoms with E-state index in [1.165, 1.54) is 0 Å². The lowest BCUT2D eigenvalue weighted by atomic mass is 9.86. The summed E-state index contributed by atoms with van der Waals surface area (Å²) in [7, 11) is 0. The Kier molecular flexibility index (Phi) is 5.37. The first-order chi connectivity index (χ1) is 9.75. The van der Waals surface area contributed by atoms with E-state index in [0.29, 0.717) is 5.69 Å². The number of aliphatic carboxylic acids is 1. The Hall–Kier alpha value is -2.48. The van der Waals surface area contributed by atoms with Crippen molar-refractivity contribution in [3.8, 4) is 12.3 Å². The molecule has 5 heteroatoms. The van der Waals surface area contributed by atoms with E-state index < -0.39 is 18.0 Å². The average Bonchev–Trinajstić information content (AvgIpc) is 2.37. The van der Waals surface area contributed by atoms with Gasteiger partial charge in [0, 0.05) is 12.1 Å². The molecule has 0 radical (unpaired) electrons. The van der Waals surface area contributed by atoms with E-state index in [2.05, 4.69) is 16.6 Å². The monoisotopic (exact) mass is 288 g/mol. The molecular weight excluding hydrogens is 268 g/mol. The van der Waals surface area contributed by atoms with Gasteiger partial charge in [0.25, 0.3) is 0 Å². The predicted molar refractivity (Wildman–Crippen MR) is 82.2 cm³/mol. The molecule has 1 unspecified atom stereocenters. The fraction of sp³-hybridized carbons (Fsp3) is 0.375. The number of urea groups is 1. The molecule has 21 heavy (non-hydrogen) atoms. The van der Waals surface area contributed by atoms with Crippen molar-refractivity contribution in [2.75, 3.05) is 5.32 Å². The third kappa shape index (κ3) is 4.84. The standard InChI is InChI=1S/C16H20N2O3/c1-5-8-13(14(19)20)18-15(21)17-12-10-7-6-9-11(12)16(2,3)4/h1,6-7,9-10,13H,8H2,2-4H3,(H,19,20)(H2,17,18,21). The van der Waals surface area contributed by atoms with Crippen LogP contribution in [0.1, 0.15) is 32.8 Å². The van der Waals surface area contributed by atoms with Crippen LogP contribution in [0.5, 0.6) is 0 Å². The van der Waals surface area contributed by atoms with Crippen LogP contribution >= 0.6 is 0 Å². The summed E-state index contributed by atoms with van der Waals surface area (Å²) in [4.78, 5) is 22.9. The van der Waals surface area contributed by atoms with Gasteiger partial charge in [-0.25, -0.2) is 9.59 Å². The molecule has 0 saturated carbocycles. The van der Waals surface area contributed by atoms with Gasteiger partial charge in [-0.1, -0.05) is 39.0 Å². The highest BCUT2D eigenvalue weighted by Gasteiger charge is 2.21. The zero-order chi connectivity index (χ0) is 16.0.